The molecule has 84 valence electrons. The molecule has 14 heavy (non-hydrogen) atoms. The van der Waals surface area contributed by atoms with Crippen molar-refractivity contribution in [1.29, 1.82) is 0 Å². The average molecular weight is 220 g/mol. The summed E-state index contributed by atoms with van der Waals surface area (Å²) in [5.41, 5.74) is 0. The van der Waals surface area contributed by atoms with Gasteiger partial charge in [0.1, 0.15) is 0 Å². The Bertz CT molecular complexity index is 267. The molecule has 0 spiro atoms. The van der Waals surface area contributed by atoms with Crippen LogP contribution < -0.4 is 10.0 Å². The summed E-state index contributed by atoms with van der Waals surface area (Å²) in [7, 11) is -3.11. The second kappa shape index (κ2) is 4.59. The summed E-state index contributed by atoms with van der Waals surface area (Å²) in [5, 5.41) is 2.92. The number of hydrogen-bond donors (Lipinski definition) is 2. The monoisotopic (exact) mass is 220 g/mol. The van der Waals surface area contributed by atoms with Gasteiger partial charge < -0.3 is 5.32 Å². The Morgan fingerprint density at radius 1 is 1.36 bits per heavy atom. The van der Waals surface area contributed by atoms with Gasteiger partial charge in [0.25, 0.3) is 0 Å². The summed E-state index contributed by atoms with van der Waals surface area (Å²) in [5.74, 6) is 0. The molecule has 1 rings (SSSR count). The van der Waals surface area contributed by atoms with Crippen molar-refractivity contribution in [2.75, 3.05) is 6.54 Å². The van der Waals surface area contributed by atoms with Gasteiger partial charge in [-0.15, -0.1) is 0 Å². The molecule has 1 aliphatic heterocycles. The minimum absolute atomic E-state index is 0.0681. The second-order valence-corrected chi connectivity index (χ2v) is 6.56. The molecule has 2 unspecified atom stereocenters. The van der Waals surface area contributed by atoms with Crippen LogP contribution in [0.5, 0.6) is 0 Å². The van der Waals surface area contributed by atoms with Crippen molar-refractivity contribution in [2.45, 2.75) is 50.9 Å². The summed E-state index contributed by atoms with van der Waals surface area (Å²) in [4.78, 5) is 0. The summed E-state index contributed by atoms with van der Waals surface area (Å²) < 4.78 is 25.8. The quantitative estimate of drug-likeness (QED) is 0.726. The highest BCUT2D eigenvalue weighted by Crippen LogP contribution is 2.09. The Hall–Kier alpha value is -0.130. The van der Waals surface area contributed by atoms with E-state index in [1.807, 2.05) is 0 Å². The summed E-state index contributed by atoms with van der Waals surface area (Å²) in [6, 6.07) is 0.577. The van der Waals surface area contributed by atoms with Crippen LogP contribution in [0.25, 0.3) is 0 Å². The molecule has 0 bridgehead atoms. The topological polar surface area (TPSA) is 58.2 Å². The Kier molecular flexibility index (Phi) is 3.92. The lowest BCUT2D eigenvalue weighted by Gasteiger charge is -2.28. The molecule has 1 saturated heterocycles. The highest BCUT2D eigenvalue weighted by Gasteiger charge is 2.24. The number of hydrogen-bond acceptors (Lipinski definition) is 3. The molecule has 0 aromatic carbocycles. The number of nitrogens with one attached hydrogen (secondary N) is 2. The van der Waals surface area contributed by atoms with Crippen molar-refractivity contribution in [3.05, 3.63) is 0 Å². The first-order valence-corrected chi connectivity index (χ1v) is 6.71. The van der Waals surface area contributed by atoms with Gasteiger partial charge in [0.2, 0.25) is 10.0 Å². The van der Waals surface area contributed by atoms with Crippen LogP contribution in [0.4, 0.5) is 0 Å². The third kappa shape index (κ3) is 3.22. The summed E-state index contributed by atoms with van der Waals surface area (Å²) in [6.45, 7) is 6.25. The van der Waals surface area contributed by atoms with Crippen molar-refractivity contribution in [2.24, 2.45) is 0 Å². The standard InChI is InChI=1S/C9H20N2O2S/c1-7(2)14(12,13)11-9-5-4-8(3)10-6-9/h7-11H,4-6H2,1-3H3. The zero-order valence-electron chi connectivity index (χ0n) is 9.08. The third-order valence-electron chi connectivity index (χ3n) is 2.61. The van der Waals surface area contributed by atoms with Gasteiger partial charge in [-0.25, -0.2) is 13.1 Å². The zero-order valence-corrected chi connectivity index (χ0v) is 9.89. The molecule has 1 aliphatic rings. The van der Waals surface area contributed by atoms with Gasteiger partial charge in [0.05, 0.1) is 5.25 Å². The van der Waals surface area contributed by atoms with Crippen LogP contribution in [0, 0.1) is 0 Å². The molecule has 4 nitrogen and oxygen atoms in total. The Morgan fingerprint density at radius 2 is 2.00 bits per heavy atom. The smallest absolute Gasteiger partial charge is 0.214 e. The van der Waals surface area contributed by atoms with Gasteiger partial charge in [-0.3, -0.25) is 0 Å². The van der Waals surface area contributed by atoms with E-state index in [0.717, 1.165) is 19.4 Å². The number of rotatable bonds is 3. The van der Waals surface area contributed by atoms with Gasteiger partial charge in [0.15, 0.2) is 0 Å². The largest absolute Gasteiger partial charge is 0.313 e. The minimum Gasteiger partial charge on any atom is -0.313 e. The second-order valence-electron chi connectivity index (χ2n) is 4.30. The van der Waals surface area contributed by atoms with Crippen molar-refractivity contribution < 1.29 is 8.42 Å². The molecular formula is C9H20N2O2S. The van der Waals surface area contributed by atoms with E-state index in [2.05, 4.69) is 17.0 Å². The van der Waals surface area contributed by atoms with Gasteiger partial charge in [0, 0.05) is 18.6 Å². The van der Waals surface area contributed by atoms with Gasteiger partial charge in [-0.05, 0) is 33.6 Å². The molecule has 5 heteroatoms. The van der Waals surface area contributed by atoms with Gasteiger partial charge in [-0.2, -0.15) is 0 Å². The zero-order chi connectivity index (χ0) is 10.8. The fourth-order valence-electron chi connectivity index (χ4n) is 1.47. The van der Waals surface area contributed by atoms with Crippen molar-refractivity contribution in [3.8, 4) is 0 Å². The van der Waals surface area contributed by atoms with Crippen LogP contribution in [0.15, 0.2) is 0 Å². The Labute approximate surface area is 86.5 Å². The third-order valence-corrected chi connectivity index (χ3v) is 4.52. The summed E-state index contributed by atoms with van der Waals surface area (Å²) in [6.07, 6.45) is 1.96. The molecule has 0 aromatic rings. The molecule has 2 N–H and O–H groups in total. The van der Waals surface area contributed by atoms with E-state index in [1.165, 1.54) is 0 Å². The Morgan fingerprint density at radius 3 is 2.43 bits per heavy atom. The van der Waals surface area contributed by atoms with Crippen LogP contribution in [-0.2, 0) is 10.0 Å². The van der Waals surface area contributed by atoms with Gasteiger partial charge in [-0.1, -0.05) is 0 Å². The molecule has 2 atom stereocenters. The van der Waals surface area contributed by atoms with E-state index in [0.29, 0.717) is 6.04 Å². The molecule has 0 saturated carbocycles. The van der Waals surface area contributed by atoms with E-state index in [9.17, 15) is 8.42 Å². The Balaban J connectivity index is 2.46. The van der Waals surface area contributed by atoms with E-state index in [-0.39, 0.29) is 11.3 Å². The molecule has 1 heterocycles. The van der Waals surface area contributed by atoms with E-state index in [1.54, 1.807) is 13.8 Å². The number of sulfonamides is 1. The fourth-order valence-corrected chi connectivity index (χ4v) is 2.41. The predicted molar refractivity (Wildman–Crippen MR) is 57.7 cm³/mol. The van der Waals surface area contributed by atoms with Crippen molar-refractivity contribution >= 4 is 10.0 Å². The van der Waals surface area contributed by atoms with Crippen molar-refractivity contribution in [1.82, 2.24) is 10.0 Å². The highest BCUT2D eigenvalue weighted by molar-refractivity contribution is 7.90. The first kappa shape index (κ1) is 11.9. The van der Waals surface area contributed by atoms with E-state index < -0.39 is 10.0 Å². The fraction of sp³-hybridized carbons (Fsp3) is 1.00. The lowest BCUT2D eigenvalue weighted by molar-refractivity contribution is 0.365. The van der Waals surface area contributed by atoms with Crippen LogP contribution >= 0.6 is 0 Å². The van der Waals surface area contributed by atoms with Crippen LogP contribution in [-0.4, -0.2) is 32.3 Å². The maximum atomic E-state index is 11.5. The molecule has 0 aliphatic carbocycles. The maximum absolute atomic E-state index is 11.5. The molecule has 0 amide bonds. The van der Waals surface area contributed by atoms with E-state index in [4.69, 9.17) is 0 Å². The predicted octanol–water partition coefficient (Wildman–Crippen LogP) is 0.455. The summed E-state index contributed by atoms with van der Waals surface area (Å²) >= 11 is 0. The molecule has 0 radical (unpaired) electrons. The van der Waals surface area contributed by atoms with Crippen LogP contribution in [0.2, 0.25) is 0 Å². The highest BCUT2D eigenvalue weighted by atomic mass is 32.2. The van der Waals surface area contributed by atoms with Crippen LogP contribution in [0.3, 0.4) is 0 Å². The SMILES string of the molecule is CC1CCC(NS(=O)(=O)C(C)C)CN1. The molecular weight excluding hydrogens is 200 g/mol. The van der Waals surface area contributed by atoms with Gasteiger partial charge >= 0.3 is 0 Å². The lowest BCUT2D eigenvalue weighted by atomic mass is 10.0. The minimum atomic E-state index is -3.11. The van der Waals surface area contributed by atoms with E-state index >= 15 is 0 Å². The lowest BCUT2D eigenvalue weighted by Crippen LogP contribution is -2.49. The molecule has 1 fully saturated rings. The van der Waals surface area contributed by atoms with Crippen molar-refractivity contribution in [3.63, 3.8) is 0 Å². The first-order valence-electron chi connectivity index (χ1n) is 5.16. The van der Waals surface area contributed by atoms with Crippen LogP contribution in [0.1, 0.15) is 33.6 Å². The average Bonchev–Trinajstić information content (AvgIpc) is 2.08. The number of piperidine rings is 1. The maximum Gasteiger partial charge on any atom is 0.214 e. The first-order chi connectivity index (χ1) is 6.42. The normalized spacial score (nSPS) is 29.4. The molecule has 0 aromatic heterocycles.